The first-order valence-corrected chi connectivity index (χ1v) is 7.38. The molecule has 2 fully saturated rings. The van der Waals surface area contributed by atoms with E-state index in [1.54, 1.807) is 0 Å². The maximum absolute atomic E-state index is 5.90. The second-order valence-corrected chi connectivity index (χ2v) is 5.86. The minimum Gasteiger partial charge on any atom is -0.381 e. The quantitative estimate of drug-likeness (QED) is 0.637. The van der Waals surface area contributed by atoms with E-state index in [9.17, 15) is 0 Å². The normalized spacial score (nSPS) is 29.5. The lowest BCUT2D eigenvalue weighted by molar-refractivity contribution is 0.121. The molecule has 0 bridgehead atoms. The van der Waals surface area contributed by atoms with Gasteiger partial charge in [-0.05, 0) is 69.9 Å². The molecule has 2 aliphatic carbocycles. The van der Waals surface area contributed by atoms with Crippen LogP contribution in [-0.2, 0) is 4.74 Å². The summed E-state index contributed by atoms with van der Waals surface area (Å²) in [6.07, 6.45) is 9.00. The van der Waals surface area contributed by atoms with E-state index in [0.29, 0.717) is 6.04 Å². The lowest BCUT2D eigenvalue weighted by Gasteiger charge is -2.26. The molecule has 0 atom stereocenters. The largest absolute Gasteiger partial charge is 0.381 e. The van der Waals surface area contributed by atoms with Crippen molar-refractivity contribution in [1.82, 2.24) is 5.32 Å². The second kappa shape index (κ2) is 7.34. The van der Waals surface area contributed by atoms with Gasteiger partial charge in [-0.15, -0.1) is 0 Å². The Morgan fingerprint density at radius 1 is 1.00 bits per heavy atom. The fourth-order valence-corrected chi connectivity index (χ4v) is 2.53. The Morgan fingerprint density at radius 3 is 2.41 bits per heavy atom. The van der Waals surface area contributed by atoms with Gasteiger partial charge in [0.15, 0.2) is 0 Å². The van der Waals surface area contributed by atoms with Crippen molar-refractivity contribution in [3.8, 4) is 0 Å². The number of hydrogen-bond donors (Lipinski definition) is 2. The third-order valence-corrected chi connectivity index (χ3v) is 4.02. The van der Waals surface area contributed by atoms with Gasteiger partial charge in [-0.25, -0.2) is 0 Å². The predicted octanol–water partition coefficient (Wildman–Crippen LogP) is 1.91. The Labute approximate surface area is 105 Å². The van der Waals surface area contributed by atoms with E-state index in [0.717, 1.165) is 38.0 Å². The van der Waals surface area contributed by atoms with Gasteiger partial charge in [-0.1, -0.05) is 0 Å². The van der Waals surface area contributed by atoms with Crippen LogP contribution in [0.3, 0.4) is 0 Å². The van der Waals surface area contributed by atoms with Gasteiger partial charge >= 0.3 is 0 Å². The molecule has 2 saturated carbocycles. The number of rotatable bonds is 8. The average Bonchev–Trinajstić information content (AvgIpc) is 3.14. The van der Waals surface area contributed by atoms with E-state index in [-0.39, 0.29) is 0 Å². The minimum absolute atomic E-state index is 0.474. The van der Waals surface area contributed by atoms with Gasteiger partial charge in [0.1, 0.15) is 0 Å². The van der Waals surface area contributed by atoms with Gasteiger partial charge in [0.25, 0.3) is 0 Å². The molecule has 3 N–H and O–H groups in total. The van der Waals surface area contributed by atoms with E-state index in [4.69, 9.17) is 10.5 Å². The summed E-state index contributed by atoms with van der Waals surface area (Å²) in [6, 6.07) is 0.474. The first kappa shape index (κ1) is 13.3. The first-order valence-electron chi connectivity index (χ1n) is 7.38. The summed E-state index contributed by atoms with van der Waals surface area (Å²) >= 11 is 0. The highest BCUT2D eigenvalue weighted by atomic mass is 16.5. The average molecular weight is 240 g/mol. The van der Waals surface area contributed by atoms with Crippen molar-refractivity contribution in [1.29, 1.82) is 0 Å². The molecule has 0 heterocycles. The Balaban J connectivity index is 1.35. The lowest BCUT2D eigenvalue weighted by atomic mass is 9.86. The van der Waals surface area contributed by atoms with Gasteiger partial charge in [0, 0.05) is 19.3 Å². The summed E-state index contributed by atoms with van der Waals surface area (Å²) in [5, 5.41) is 3.55. The van der Waals surface area contributed by atoms with Crippen LogP contribution >= 0.6 is 0 Å². The highest BCUT2D eigenvalue weighted by Crippen LogP contribution is 2.28. The summed E-state index contributed by atoms with van der Waals surface area (Å²) in [5.41, 5.74) is 5.90. The SMILES string of the molecule is NC1CCC(CNCCCOCC2CC2)CC1. The van der Waals surface area contributed by atoms with E-state index in [2.05, 4.69) is 5.32 Å². The van der Waals surface area contributed by atoms with Crippen LogP contribution in [0.4, 0.5) is 0 Å². The van der Waals surface area contributed by atoms with Crippen LogP contribution in [0.2, 0.25) is 0 Å². The molecule has 0 spiro atoms. The second-order valence-electron chi connectivity index (χ2n) is 5.86. The van der Waals surface area contributed by atoms with Crippen molar-refractivity contribution in [3.63, 3.8) is 0 Å². The molecule has 0 unspecified atom stereocenters. The fourth-order valence-electron chi connectivity index (χ4n) is 2.53. The van der Waals surface area contributed by atoms with Crippen LogP contribution in [-0.4, -0.2) is 32.3 Å². The zero-order valence-electron chi connectivity index (χ0n) is 11.0. The molecule has 100 valence electrons. The van der Waals surface area contributed by atoms with Gasteiger partial charge in [-0.3, -0.25) is 0 Å². The van der Waals surface area contributed by atoms with Crippen molar-refractivity contribution in [2.45, 2.75) is 51.0 Å². The number of nitrogens with one attached hydrogen (secondary N) is 1. The minimum atomic E-state index is 0.474. The monoisotopic (exact) mass is 240 g/mol. The summed E-state index contributed by atoms with van der Waals surface area (Å²) in [7, 11) is 0. The Bertz CT molecular complexity index is 198. The molecular formula is C14H28N2O. The molecule has 0 aromatic heterocycles. The zero-order chi connectivity index (χ0) is 11.9. The van der Waals surface area contributed by atoms with Crippen molar-refractivity contribution >= 4 is 0 Å². The van der Waals surface area contributed by atoms with E-state index < -0.39 is 0 Å². The van der Waals surface area contributed by atoms with Gasteiger partial charge in [0.05, 0.1) is 0 Å². The standard InChI is InChI=1S/C14H28N2O/c15-14-6-4-12(5-7-14)10-16-8-1-9-17-11-13-2-3-13/h12-14,16H,1-11,15H2. The summed E-state index contributed by atoms with van der Waals surface area (Å²) in [5.74, 6) is 1.76. The highest BCUT2D eigenvalue weighted by Gasteiger charge is 2.21. The van der Waals surface area contributed by atoms with Gasteiger partial charge < -0.3 is 15.8 Å². The third-order valence-electron chi connectivity index (χ3n) is 4.02. The Morgan fingerprint density at radius 2 is 1.71 bits per heavy atom. The summed E-state index contributed by atoms with van der Waals surface area (Å²) in [4.78, 5) is 0. The molecule has 3 nitrogen and oxygen atoms in total. The summed E-state index contributed by atoms with van der Waals surface area (Å²) < 4.78 is 5.61. The van der Waals surface area contributed by atoms with Crippen LogP contribution in [0.5, 0.6) is 0 Å². The molecular weight excluding hydrogens is 212 g/mol. The van der Waals surface area contributed by atoms with Crippen LogP contribution < -0.4 is 11.1 Å². The third kappa shape index (κ3) is 5.84. The van der Waals surface area contributed by atoms with E-state index in [1.165, 1.54) is 45.1 Å². The van der Waals surface area contributed by atoms with Crippen LogP contribution in [0.1, 0.15) is 44.9 Å². The zero-order valence-corrected chi connectivity index (χ0v) is 11.0. The Hall–Kier alpha value is -0.120. The fraction of sp³-hybridized carbons (Fsp3) is 1.00. The first-order chi connectivity index (χ1) is 8.34. The van der Waals surface area contributed by atoms with Gasteiger partial charge in [0.2, 0.25) is 0 Å². The molecule has 3 heteroatoms. The van der Waals surface area contributed by atoms with Gasteiger partial charge in [-0.2, -0.15) is 0 Å². The van der Waals surface area contributed by atoms with E-state index >= 15 is 0 Å². The molecule has 0 saturated heterocycles. The molecule has 2 rings (SSSR count). The molecule has 2 aliphatic rings. The Kier molecular flexibility index (Phi) is 5.75. The number of ether oxygens (including phenoxy) is 1. The molecule has 17 heavy (non-hydrogen) atoms. The smallest absolute Gasteiger partial charge is 0.0494 e. The highest BCUT2D eigenvalue weighted by molar-refractivity contribution is 4.75. The molecule has 0 aromatic rings. The topological polar surface area (TPSA) is 47.3 Å². The molecule has 0 aliphatic heterocycles. The van der Waals surface area contributed by atoms with E-state index in [1.807, 2.05) is 0 Å². The lowest BCUT2D eigenvalue weighted by Crippen LogP contribution is -2.32. The van der Waals surface area contributed by atoms with Crippen molar-refractivity contribution < 1.29 is 4.74 Å². The van der Waals surface area contributed by atoms with Crippen LogP contribution in [0.15, 0.2) is 0 Å². The maximum Gasteiger partial charge on any atom is 0.0494 e. The molecule has 0 aromatic carbocycles. The van der Waals surface area contributed by atoms with Crippen LogP contribution in [0.25, 0.3) is 0 Å². The van der Waals surface area contributed by atoms with Crippen LogP contribution in [0, 0.1) is 11.8 Å². The van der Waals surface area contributed by atoms with Crippen molar-refractivity contribution in [3.05, 3.63) is 0 Å². The summed E-state index contributed by atoms with van der Waals surface area (Å²) in [6.45, 7) is 4.21. The molecule has 0 radical (unpaired) electrons. The number of hydrogen-bond acceptors (Lipinski definition) is 3. The predicted molar refractivity (Wildman–Crippen MR) is 71.0 cm³/mol. The van der Waals surface area contributed by atoms with Crippen molar-refractivity contribution in [2.24, 2.45) is 17.6 Å². The number of nitrogens with two attached hydrogens (primary N) is 1. The maximum atomic E-state index is 5.90. The molecule has 0 amide bonds. The van der Waals surface area contributed by atoms with Crippen molar-refractivity contribution in [2.75, 3.05) is 26.3 Å².